The molecule has 0 fully saturated rings. The fraction of sp³-hybridized carbons (Fsp3) is 0.226. The van der Waals surface area contributed by atoms with E-state index in [9.17, 15) is 19.2 Å². The van der Waals surface area contributed by atoms with E-state index < -0.39 is 11.9 Å². The molecule has 2 aromatic heterocycles. The number of ketones is 2. The number of hydrogen-bond acceptors (Lipinski definition) is 8. The predicted octanol–water partition coefficient (Wildman–Crippen LogP) is 13.3. The highest BCUT2D eigenvalue weighted by molar-refractivity contribution is 6.18. The van der Waals surface area contributed by atoms with Gasteiger partial charge in [-0.25, -0.2) is 9.59 Å². The normalized spacial score (nSPS) is 12.1. The predicted molar refractivity (Wildman–Crippen MR) is 289 cm³/mol. The Morgan fingerprint density at radius 3 is 1.00 bits per heavy atom. The van der Waals surface area contributed by atoms with E-state index in [-0.39, 0.29) is 11.6 Å². The zero-order valence-electron chi connectivity index (χ0n) is 42.6. The maximum atomic E-state index is 14.1. The molecule has 10 heteroatoms. The summed E-state index contributed by atoms with van der Waals surface area (Å²) in [6.45, 7) is 20.3. The molecule has 10 nitrogen and oxygen atoms in total. The number of carbonyl (C=O) groups is 4. The third-order valence-electron chi connectivity index (χ3n) is 13.7. The first-order valence-electron chi connectivity index (χ1n) is 24.5. The fourth-order valence-electron chi connectivity index (χ4n) is 10.7. The lowest BCUT2D eigenvalue weighted by atomic mass is 9.92. The second-order valence-electron chi connectivity index (χ2n) is 19.0. The standard InChI is InChI=1S/C62H58N4O6/c1-11-65-55-21-17-45(31-49(55)51-33-47(19-23-57(51)65)61(69)59-37(5)25-35(3)26-38(59)6)53(63-71-41(9)67)29-43-13-15-44(16-14-43)30-54(64-72-42(10)68)46-18-22-56-50(32-46)52-34-48(20-24-58(52)66(56)12-2)62(70)60-39(7)27-36(4)28-40(60)8/h13-28,31-34H,11-12,29-30H2,1-10H3/b63-53+,64-54+. The molecule has 0 aliphatic heterocycles. The third kappa shape index (κ3) is 9.40. The highest BCUT2D eigenvalue weighted by atomic mass is 16.7. The van der Waals surface area contributed by atoms with Crippen molar-refractivity contribution >= 4 is 78.5 Å². The average molecular weight is 955 g/mol. The van der Waals surface area contributed by atoms with Gasteiger partial charge in [0.15, 0.2) is 11.6 Å². The van der Waals surface area contributed by atoms with Crippen molar-refractivity contribution in [1.82, 2.24) is 9.13 Å². The first-order valence-corrected chi connectivity index (χ1v) is 24.5. The number of nitrogens with zero attached hydrogens (tertiary/aromatic N) is 4. The number of aryl methyl sites for hydroxylation is 8. The topological polar surface area (TPSA) is 121 Å². The van der Waals surface area contributed by atoms with Crippen LogP contribution in [0.2, 0.25) is 0 Å². The zero-order valence-corrected chi connectivity index (χ0v) is 42.6. The smallest absolute Gasteiger partial charge is 0.331 e. The van der Waals surface area contributed by atoms with Crippen LogP contribution >= 0.6 is 0 Å². The first-order chi connectivity index (χ1) is 34.5. The van der Waals surface area contributed by atoms with Crippen LogP contribution in [0.25, 0.3) is 43.6 Å². The van der Waals surface area contributed by atoms with Crippen LogP contribution in [0.15, 0.2) is 132 Å². The van der Waals surface area contributed by atoms with Crippen LogP contribution in [0.3, 0.4) is 0 Å². The van der Waals surface area contributed by atoms with Gasteiger partial charge >= 0.3 is 11.9 Å². The average Bonchev–Trinajstić information content (AvgIpc) is 3.83. The molecule has 0 N–H and O–H groups in total. The molecular weight excluding hydrogens is 897 g/mol. The van der Waals surface area contributed by atoms with Gasteiger partial charge in [-0.1, -0.05) is 82.1 Å². The number of aromatic nitrogens is 2. The van der Waals surface area contributed by atoms with E-state index in [1.54, 1.807) is 0 Å². The van der Waals surface area contributed by atoms with Crippen LogP contribution < -0.4 is 0 Å². The van der Waals surface area contributed by atoms with Gasteiger partial charge in [0.1, 0.15) is 0 Å². The largest absolute Gasteiger partial charge is 0.341 e. The van der Waals surface area contributed by atoms with E-state index in [0.717, 1.165) is 123 Å². The van der Waals surface area contributed by atoms with Gasteiger partial charge in [0.05, 0.1) is 11.4 Å². The Kier molecular flexibility index (Phi) is 13.5. The third-order valence-corrected chi connectivity index (χ3v) is 13.7. The lowest BCUT2D eigenvalue weighted by Gasteiger charge is -2.11. The van der Waals surface area contributed by atoms with Crippen molar-refractivity contribution in [2.24, 2.45) is 10.3 Å². The lowest BCUT2D eigenvalue weighted by molar-refractivity contribution is -0.141. The van der Waals surface area contributed by atoms with Crippen LogP contribution in [-0.2, 0) is 45.2 Å². The molecule has 362 valence electrons. The van der Waals surface area contributed by atoms with Crippen LogP contribution in [0, 0.1) is 41.5 Å². The molecule has 0 unspecified atom stereocenters. The van der Waals surface area contributed by atoms with Gasteiger partial charge < -0.3 is 18.8 Å². The van der Waals surface area contributed by atoms with Gasteiger partial charge in [-0.05, 0) is 149 Å². The van der Waals surface area contributed by atoms with Gasteiger partial charge in [0.2, 0.25) is 0 Å². The molecule has 7 aromatic carbocycles. The minimum atomic E-state index is -0.533. The molecule has 0 bridgehead atoms. The Labute approximate surface area is 419 Å². The maximum Gasteiger partial charge on any atom is 0.331 e. The van der Waals surface area contributed by atoms with E-state index in [0.29, 0.717) is 35.4 Å². The molecule has 0 amide bonds. The summed E-state index contributed by atoms with van der Waals surface area (Å²) in [5, 5.41) is 12.6. The molecule has 72 heavy (non-hydrogen) atoms. The van der Waals surface area contributed by atoms with Gasteiger partial charge in [0, 0.05) is 117 Å². The second-order valence-corrected chi connectivity index (χ2v) is 19.0. The molecule has 2 heterocycles. The van der Waals surface area contributed by atoms with Crippen LogP contribution in [0.1, 0.15) is 115 Å². The quantitative estimate of drug-likeness (QED) is 0.0463. The molecule has 9 rings (SSSR count). The van der Waals surface area contributed by atoms with Gasteiger partial charge in [-0.3, -0.25) is 9.59 Å². The summed E-state index contributed by atoms with van der Waals surface area (Å²) in [5.74, 6) is -1.09. The molecule has 0 spiro atoms. The molecule has 0 atom stereocenters. The van der Waals surface area contributed by atoms with Gasteiger partial charge in [0.25, 0.3) is 0 Å². The number of hydrogen-bond donors (Lipinski definition) is 0. The Morgan fingerprint density at radius 2 is 0.708 bits per heavy atom. The van der Waals surface area contributed by atoms with Crippen molar-refractivity contribution in [3.8, 4) is 0 Å². The monoisotopic (exact) mass is 954 g/mol. The molecule has 9 aromatic rings. The Hall–Kier alpha value is -8.24. The Balaban J connectivity index is 1.03. The SMILES string of the molecule is CCn1c2ccc(C(=O)c3c(C)cc(C)cc3C)cc2c2cc(/C(Cc3ccc(C/C(=N\OC(C)=O)c4ccc5c(c4)c4cc(C(=O)c6c(C)cc(C)cc6C)ccc4n5CC)cc3)=N/OC(C)=O)ccc21. The molecule has 0 aliphatic carbocycles. The lowest BCUT2D eigenvalue weighted by Crippen LogP contribution is -2.09. The Morgan fingerprint density at radius 1 is 0.417 bits per heavy atom. The highest BCUT2D eigenvalue weighted by Gasteiger charge is 2.22. The van der Waals surface area contributed by atoms with Crippen molar-refractivity contribution in [3.05, 3.63) is 199 Å². The minimum absolute atomic E-state index is 0.0146. The first kappa shape index (κ1) is 48.8. The summed E-state index contributed by atoms with van der Waals surface area (Å²) in [5.41, 5.74) is 17.3. The van der Waals surface area contributed by atoms with E-state index in [1.165, 1.54) is 13.8 Å². The summed E-state index contributed by atoms with van der Waals surface area (Å²) in [6.07, 6.45) is 0.697. The van der Waals surface area contributed by atoms with Crippen molar-refractivity contribution in [3.63, 3.8) is 0 Å². The summed E-state index contributed by atoms with van der Waals surface area (Å²) in [4.78, 5) is 63.1. The van der Waals surface area contributed by atoms with Gasteiger partial charge in [-0.2, -0.15) is 0 Å². The number of rotatable bonds is 14. The van der Waals surface area contributed by atoms with Crippen molar-refractivity contribution in [2.45, 2.75) is 95.2 Å². The Bertz CT molecular complexity index is 3480. The summed E-state index contributed by atoms with van der Waals surface area (Å²) in [7, 11) is 0. The minimum Gasteiger partial charge on any atom is -0.341 e. The van der Waals surface area contributed by atoms with Gasteiger partial charge in [-0.15, -0.1) is 0 Å². The molecule has 0 radical (unpaired) electrons. The van der Waals surface area contributed by atoms with Crippen LogP contribution in [-0.4, -0.2) is 44.1 Å². The molecular formula is C62H58N4O6. The molecule has 0 aliphatic rings. The van der Waals surface area contributed by atoms with E-state index in [4.69, 9.17) is 9.68 Å². The summed E-state index contributed by atoms with van der Waals surface area (Å²) >= 11 is 0. The van der Waals surface area contributed by atoms with Crippen LogP contribution in [0.4, 0.5) is 0 Å². The number of fused-ring (bicyclic) bond motifs is 6. The van der Waals surface area contributed by atoms with E-state index in [1.807, 2.05) is 139 Å². The summed E-state index contributed by atoms with van der Waals surface area (Å²) < 4.78 is 4.47. The van der Waals surface area contributed by atoms with Crippen molar-refractivity contribution < 1.29 is 28.9 Å². The number of carbonyl (C=O) groups excluding carboxylic acids is 4. The fourth-order valence-corrected chi connectivity index (χ4v) is 10.7. The van der Waals surface area contributed by atoms with E-state index >= 15 is 0 Å². The zero-order chi connectivity index (χ0) is 51.1. The number of oxime groups is 2. The van der Waals surface area contributed by atoms with Crippen molar-refractivity contribution in [1.29, 1.82) is 0 Å². The second kappa shape index (κ2) is 19.9. The van der Waals surface area contributed by atoms with Crippen LogP contribution in [0.5, 0.6) is 0 Å². The summed E-state index contributed by atoms with van der Waals surface area (Å²) in [6, 6.07) is 40.3. The molecule has 0 saturated carbocycles. The maximum absolute atomic E-state index is 14.1. The van der Waals surface area contributed by atoms with E-state index in [2.05, 4.69) is 57.6 Å². The molecule has 0 saturated heterocycles. The number of benzene rings is 7. The highest BCUT2D eigenvalue weighted by Crippen LogP contribution is 2.35. The van der Waals surface area contributed by atoms with Crippen molar-refractivity contribution in [2.75, 3.05) is 0 Å².